The molecule has 23 heavy (non-hydrogen) atoms. The largest absolute Gasteiger partial charge is 0.0837 e. The second-order valence-electron chi connectivity index (χ2n) is 5.59. The summed E-state index contributed by atoms with van der Waals surface area (Å²) < 4.78 is 0. The predicted molar refractivity (Wildman–Crippen MR) is 99.3 cm³/mol. The highest BCUT2D eigenvalue weighted by atomic mass is 35.5. The second kappa shape index (κ2) is 5.91. The molecule has 0 N–H and O–H groups in total. The lowest BCUT2D eigenvalue weighted by molar-refractivity contribution is 1.55. The van der Waals surface area contributed by atoms with Crippen LogP contribution in [0.2, 0.25) is 5.02 Å². The molecular weight excluding hydrogens is 300 g/mol. The molecule has 110 valence electrons. The van der Waals surface area contributed by atoms with Crippen LogP contribution in [0.15, 0.2) is 84.9 Å². The van der Waals surface area contributed by atoms with Crippen LogP contribution < -0.4 is 0 Å². The van der Waals surface area contributed by atoms with E-state index in [1.165, 1.54) is 27.8 Å². The molecule has 4 rings (SSSR count). The Morgan fingerprint density at radius 1 is 0.652 bits per heavy atom. The van der Waals surface area contributed by atoms with Crippen LogP contribution in [0.25, 0.3) is 17.2 Å². The first kappa shape index (κ1) is 14.0. The summed E-state index contributed by atoms with van der Waals surface area (Å²) in [6.07, 6.45) is 4.42. The van der Waals surface area contributed by atoms with Gasteiger partial charge >= 0.3 is 0 Å². The van der Waals surface area contributed by atoms with E-state index in [2.05, 4.69) is 60.7 Å². The predicted octanol–water partition coefficient (Wildman–Crippen LogP) is 6.33. The van der Waals surface area contributed by atoms with Gasteiger partial charge < -0.3 is 0 Å². The number of allylic oxidation sites excluding steroid dienone is 2. The molecule has 3 aromatic carbocycles. The molecule has 0 saturated heterocycles. The molecule has 0 radical (unpaired) electrons. The van der Waals surface area contributed by atoms with Crippen LogP contribution in [-0.4, -0.2) is 0 Å². The zero-order valence-electron chi connectivity index (χ0n) is 12.5. The summed E-state index contributed by atoms with van der Waals surface area (Å²) in [6.45, 7) is 0. The van der Waals surface area contributed by atoms with Gasteiger partial charge in [0.15, 0.2) is 0 Å². The molecule has 1 heteroatoms. The van der Waals surface area contributed by atoms with Crippen LogP contribution >= 0.6 is 11.6 Å². The number of hydrogen-bond acceptors (Lipinski definition) is 0. The van der Waals surface area contributed by atoms with Gasteiger partial charge in [-0.15, -0.1) is 0 Å². The molecule has 0 nitrogen and oxygen atoms in total. The van der Waals surface area contributed by atoms with Crippen LogP contribution in [0.5, 0.6) is 0 Å². The van der Waals surface area contributed by atoms with Crippen molar-refractivity contribution in [3.8, 4) is 0 Å². The van der Waals surface area contributed by atoms with Crippen LogP contribution in [-0.2, 0) is 0 Å². The molecule has 0 fully saturated rings. The Labute approximate surface area is 141 Å². The molecule has 3 aromatic rings. The van der Waals surface area contributed by atoms with Crippen molar-refractivity contribution in [1.29, 1.82) is 0 Å². The van der Waals surface area contributed by atoms with Gasteiger partial charge in [0.25, 0.3) is 0 Å². The Hall–Kier alpha value is -2.57. The fourth-order valence-electron chi connectivity index (χ4n) is 3.02. The number of rotatable bonds is 2. The van der Waals surface area contributed by atoms with E-state index in [9.17, 15) is 0 Å². The van der Waals surface area contributed by atoms with Gasteiger partial charge in [-0.2, -0.15) is 0 Å². The Morgan fingerprint density at radius 3 is 2.09 bits per heavy atom. The van der Waals surface area contributed by atoms with E-state index in [4.69, 9.17) is 11.6 Å². The van der Waals surface area contributed by atoms with E-state index in [1.807, 2.05) is 30.3 Å². The van der Waals surface area contributed by atoms with Crippen LogP contribution in [0.3, 0.4) is 0 Å². The highest BCUT2D eigenvalue weighted by Gasteiger charge is 2.18. The summed E-state index contributed by atoms with van der Waals surface area (Å²) in [5.74, 6) is 0. The molecule has 0 bridgehead atoms. The van der Waals surface area contributed by atoms with Gasteiger partial charge in [0, 0.05) is 5.02 Å². The lowest BCUT2D eigenvalue weighted by Gasteiger charge is -2.05. The first-order chi connectivity index (χ1) is 11.3. The Kier molecular flexibility index (Phi) is 3.61. The van der Waals surface area contributed by atoms with Gasteiger partial charge in [0.1, 0.15) is 0 Å². The number of hydrogen-bond donors (Lipinski definition) is 0. The SMILES string of the molecule is Clc1ccccc1/C=C1\C=C(c2ccccc2)c2ccccc21. The zero-order chi connectivity index (χ0) is 15.6. The lowest BCUT2D eigenvalue weighted by Crippen LogP contribution is -1.85. The fourth-order valence-corrected chi connectivity index (χ4v) is 3.21. The van der Waals surface area contributed by atoms with Crippen molar-refractivity contribution in [3.05, 3.63) is 112 Å². The first-order valence-corrected chi connectivity index (χ1v) is 8.04. The van der Waals surface area contributed by atoms with E-state index in [0.717, 1.165) is 10.6 Å². The fraction of sp³-hybridized carbons (Fsp3) is 0. The Balaban J connectivity index is 1.89. The molecule has 0 saturated carbocycles. The molecule has 0 spiro atoms. The third kappa shape index (κ3) is 2.62. The van der Waals surface area contributed by atoms with Crippen LogP contribution in [0, 0.1) is 0 Å². The Bertz CT molecular complexity index is 917. The second-order valence-corrected chi connectivity index (χ2v) is 6.00. The number of benzene rings is 3. The van der Waals surface area contributed by atoms with E-state index < -0.39 is 0 Å². The molecule has 0 amide bonds. The minimum atomic E-state index is 0.777. The van der Waals surface area contributed by atoms with Crippen molar-refractivity contribution < 1.29 is 0 Å². The molecule has 1 aliphatic carbocycles. The molecule has 0 aliphatic heterocycles. The third-order valence-electron chi connectivity index (χ3n) is 4.13. The zero-order valence-corrected chi connectivity index (χ0v) is 13.3. The van der Waals surface area contributed by atoms with Crippen LogP contribution in [0.1, 0.15) is 22.3 Å². The standard InChI is InChI=1S/C22H15Cl/c23-22-13-7-4-10-17(22)14-18-15-21(16-8-2-1-3-9-16)20-12-6-5-11-19(18)20/h1-15H/b18-14+. The number of fused-ring (bicyclic) bond motifs is 1. The summed E-state index contributed by atoms with van der Waals surface area (Å²) in [4.78, 5) is 0. The minimum absolute atomic E-state index is 0.777. The summed E-state index contributed by atoms with van der Waals surface area (Å²) >= 11 is 6.32. The average Bonchev–Trinajstić information content (AvgIpc) is 2.97. The summed E-state index contributed by atoms with van der Waals surface area (Å²) in [6, 6.07) is 27.0. The minimum Gasteiger partial charge on any atom is -0.0837 e. The maximum Gasteiger partial charge on any atom is 0.0478 e. The number of halogens is 1. The maximum absolute atomic E-state index is 6.32. The molecule has 0 atom stereocenters. The van der Waals surface area contributed by atoms with Crippen molar-refractivity contribution in [2.75, 3.05) is 0 Å². The third-order valence-corrected chi connectivity index (χ3v) is 4.47. The molecule has 0 heterocycles. The Morgan fingerprint density at radius 2 is 1.30 bits per heavy atom. The molecular formula is C22H15Cl. The quantitative estimate of drug-likeness (QED) is 0.518. The smallest absolute Gasteiger partial charge is 0.0478 e. The molecule has 0 aromatic heterocycles. The normalized spacial score (nSPS) is 14.7. The maximum atomic E-state index is 6.32. The van der Waals surface area contributed by atoms with Gasteiger partial charge in [-0.3, -0.25) is 0 Å². The van der Waals surface area contributed by atoms with Gasteiger partial charge in [-0.25, -0.2) is 0 Å². The van der Waals surface area contributed by atoms with Crippen molar-refractivity contribution >= 4 is 28.8 Å². The van der Waals surface area contributed by atoms with Crippen molar-refractivity contribution in [1.82, 2.24) is 0 Å². The average molecular weight is 315 g/mol. The van der Waals surface area contributed by atoms with E-state index in [0.29, 0.717) is 0 Å². The van der Waals surface area contributed by atoms with Crippen molar-refractivity contribution in [3.63, 3.8) is 0 Å². The lowest BCUT2D eigenvalue weighted by atomic mass is 9.99. The van der Waals surface area contributed by atoms with Gasteiger partial charge in [0.05, 0.1) is 0 Å². The molecule has 0 unspecified atom stereocenters. The van der Waals surface area contributed by atoms with Crippen molar-refractivity contribution in [2.24, 2.45) is 0 Å². The molecule has 1 aliphatic rings. The van der Waals surface area contributed by atoms with E-state index in [-0.39, 0.29) is 0 Å². The summed E-state index contributed by atoms with van der Waals surface area (Å²) in [5, 5.41) is 0.777. The van der Waals surface area contributed by atoms with Gasteiger partial charge in [0.2, 0.25) is 0 Å². The topological polar surface area (TPSA) is 0 Å². The van der Waals surface area contributed by atoms with Gasteiger partial charge in [-0.05, 0) is 51.6 Å². The highest BCUT2D eigenvalue weighted by molar-refractivity contribution is 6.32. The monoisotopic (exact) mass is 314 g/mol. The summed E-state index contributed by atoms with van der Waals surface area (Å²) in [5.41, 5.74) is 7.28. The summed E-state index contributed by atoms with van der Waals surface area (Å²) in [7, 11) is 0. The first-order valence-electron chi connectivity index (χ1n) is 7.66. The van der Waals surface area contributed by atoms with Crippen molar-refractivity contribution in [2.45, 2.75) is 0 Å². The highest BCUT2D eigenvalue weighted by Crippen LogP contribution is 2.40. The van der Waals surface area contributed by atoms with Gasteiger partial charge in [-0.1, -0.05) is 84.4 Å². The van der Waals surface area contributed by atoms with E-state index >= 15 is 0 Å². The van der Waals surface area contributed by atoms with Crippen LogP contribution in [0.4, 0.5) is 0 Å². The van der Waals surface area contributed by atoms with E-state index in [1.54, 1.807) is 0 Å².